The molecule has 0 aromatic carbocycles. The Balaban J connectivity index is 1.80. The van der Waals surface area contributed by atoms with Crippen molar-refractivity contribution in [3.63, 3.8) is 0 Å². The number of fused-ring (bicyclic) bond motifs is 3. The fourth-order valence-corrected chi connectivity index (χ4v) is 3.65. The number of hydrogen-bond donors (Lipinski definition) is 1. The molecular formula is C13H19NO6. The van der Waals surface area contributed by atoms with Crippen molar-refractivity contribution in [1.29, 1.82) is 0 Å². The van der Waals surface area contributed by atoms with E-state index in [1.165, 1.54) is 14.2 Å². The molecule has 7 heteroatoms. The number of nitrogens with one attached hydrogen (secondary N) is 1. The van der Waals surface area contributed by atoms with Crippen LogP contribution in [0.4, 0.5) is 4.79 Å². The number of esters is 1. The van der Waals surface area contributed by atoms with Gasteiger partial charge in [-0.1, -0.05) is 0 Å². The van der Waals surface area contributed by atoms with Crippen molar-refractivity contribution in [2.45, 2.75) is 31.3 Å². The first-order valence-electron chi connectivity index (χ1n) is 6.77. The Kier molecular flexibility index (Phi) is 3.13. The first-order valence-corrected chi connectivity index (χ1v) is 6.77. The highest BCUT2D eigenvalue weighted by molar-refractivity contribution is 5.73. The van der Waals surface area contributed by atoms with Crippen LogP contribution in [-0.2, 0) is 23.7 Å². The molecule has 2 saturated heterocycles. The lowest BCUT2D eigenvalue weighted by Crippen LogP contribution is -2.50. The summed E-state index contributed by atoms with van der Waals surface area (Å²) in [5.41, 5.74) is -0.365. The zero-order valence-electron chi connectivity index (χ0n) is 11.8. The minimum atomic E-state index is -0.682. The SMILES string of the molecule is CNC(=O)OC1OCC(C(=O)OC)C2CC3O[C@]3(C)C12. The van der Waals surface area contributed by atoms with Crippen LogP contribution in [0.25, 0.3) is 0 Å². The molecule has 1 amide bonds. The third kappa shape index (κ3) is 1.88. The predicted octanol–water partition coefficient (Wildman–Crippen LogP) is 0.282. The van der Waals surface area contributed by atoms with E-state index in [0.717, 1.165) is 6.42 Å². The summed E-state index contributed by atoms with van der Waals surface area (Å²) in [6, 6.07) is 0. The summed E-state index contributed by atoms with van der Waals surface area (Å²) in [7, 11) is 2.87. The summed E-state index contributed by atoms with van der Waals surface area (Å²) in [5, 5.41) is 2.40. The number of carbonyl (C=O) groups is 2. The van der Waals surface area contributed by atoms with Gasteiger partial charge in [0.05, 0.1) is 31.7 Å². The second-order valence-electron chi connectivity index (χ2n) is 5.70. The third-order valence-electron chi connectivity index (χ3n) is 4.77. The van der Waals surface area contributed by atoms with Crippen molar-refractivity contribution >= 4 is 12.1 Å². The monoisotopic (exact) mass is 285 g/mol. The number of amides is 1. The molecule has 6 atom stereocenters. The predicted molar refractivity (Wildman–Crippen MR) is 65.7 cm³/mol. The molecule has 0 aromatic rings. The number of rotatable bonds is 2. The van der Waals surface area contributed by atoms with Gasteiger partial charge in [0.25, 0.3) is 0 Å². The van der Waals surface area contributed by atoms with Crippen LogP contribution < -0.4 is 5.32 Å². The Morgan fingerprint density at radius 2 is 2.15 bits per heavy atom. The number of carbonyl (C=O) groups excluding carboxylic acids is 2. The van der Waals surface area contributed by atoms with Crippen LogP contribution in [0.15, 0.2) is 0 Å². The fourth-order valence-electron chi connectivity index (χ4n) is 3.65. The summed E-state index contributed by atoms with van der Waals surface area (Å²) in [4.78, 5) is 23.3. The maximum absolute atomic E-state index is 11.9. The highest BCUT2D eigenvalue weighted by atomic mass is 16.7. The molecule has 2 heterocycles. The molecule has 0 spiro atoms. The van der Waals surface area contributed by atoms with E-state index in [-0.39, 0.29) is 42.0 Å². The van der Waals surface area contributed by atoms with Crippen molar-refractivity contribution < 1.29 is 28.5 Å². The molecule has 112 valence electrons. The van der Waals surface area contributed by atoms with E-state index in [1.54, 1.807) is 0 Å². The molecule has 0 aromatic heterocycles. The molecule has 7 nitrogen and oxygen atoms in total. The van der Waals surface area contributed by atoms with E-state index in [9.17, 15) is 9.59 Å². The van der Waals surface area contributed by atoms with Gasteiger partial charge in [0.15, 0.2) is 0 Å². The standard InChI is InChI=1S/C13H19NO6/c1-13-8(20-13)4-6-7(10(15)17-3)5-18-11(9(6)13)19-12(16)14-2/h6-9,11H,4-5H2,1-3H3,(H,14,16)/t6?,7?,8?,9?,11?,13-/m0/s1. The molecule has 20 heavy (non-hydrogen) atoms. The van der Waals surface area contributed by atoms with Crippen molar-refractivity contribution in [2.75, 3.05) is 20.8 Å². The van der Waals surface area contributed by atoms with Crippen LogP contribution in [0.5, 0.6) is 0 Å². The van der Waals surface area contributed by atoms with Gasteiger partial charge in [0.1, 0.15) is 5.60 Å². The van der Waals surface area contributed by atoms with E-state index >= 15 is 0 Å². The van der Waals surface area contributed by atoms with Crippen LogP contribution in [0.3, 0.4) is 0 Å². The molecule has 2 aliphatic heterocycles. The Morgan fingerprint density at radius 3 is 2.80 bits per heavy atom. The zero-order valence-corrected chi connectivity index (χ0v) is 11.8. The molecule has 1 N–H and O–H groups in total. The Morgan fingerprint density at radius 1 is 1.40 bits per heavy atom. The number of alkyl carbamates (subject to hydrolysis) is 1. The summed E-state index contributed by atoms with van der Waals surface area (Å²) in [6.07, 6.45) is -0.337. The maximum Gasteiger partial charge on any atom is 0.409 e. The van der Waals surface area contributed by atoms with Gasteiger partial charge in [-0.25, -0.2) is 4.79 Å². The lowest BCUT2D eigenvalue weighted by molar-refractivity contribution is -0.214. The quantitative estimate of drug-likeness (QED) is 0.579. The number of epoxide rings is 1. The molecule has 0 radical (unpaired) electrons. The second-order valence-corrected chi connectivity index (χ2v) is 5.70. The van der Waals surface area contributed by atoms with Crippen molar-refractivity contribution in [2.24, 2.45) is 17.8 Å². The average molecular weight is 285 g/mol. The fraction of sp³-hybridized carbons (Fsp3) is 0.846. The Labute approximate surface area is 116 Å². The van der Waals surface area contributed by atoms with Crippen LogP contribution in [0.2, 0.25) is 0 Å². The van der Waals surface area contributed by atoms with Gasteiger partial charge in [0.2, 0.25) is 6.29 Å². The molecule has 5 unspecified atom stereocenters. The molecule has 1 aliphatic carbocycles. The molecular weight excluding hydrogens is 266 g/mol. The van der Waals surface area contributed by atoms with Gasteiger partial charge < -0.3 is 24.3 Å². The van der Waals surface area contributed by atoms with E-state index in [1.807, 2.05) is 6.92 Å². The van der Waals surface area contributed by atoms with Gasteiger partial charge in [-0.2, -0.15) is 0 Å². The van der Waals surface area contributed by atoms with Crippen molar-refractivity contribution in [3.8, 4) is 0 Å². The largest absolute Gasteiger partial charge is 0.469 e. The first kappa shape index (κ1) is 13.6. The normalized spacial score (nSPS) is 45.0. The van der Waals surface area contributed by atoms with Crippen LogP contribution in [0, 0.1) is 17.8 Å². The summed E-state index contributed by atoms with van der Waals surface area (Å²) in [5.74, 6) is -0.664. The molecule has 3 fully saturated rings. The van der Waals surface area contributed by atoms with Gasteiger partial charge in [-0.15, -0.1) is 0 Å². The average Bonchev–Trinajstić information content (AvgIpc) is 3.00. The highest BCUT2D eigenvalue weighted by Crippen LogP contribution is 2.61. The number of ether oxygens (including phenoxy) is 4. The van der Waals surface area contributed by atoms with Crippen LogP contribution in [-0.4, -0.2) is 50.8 Å². The molecule has 0 bridgehead atoms. The van der Waals surface area contributed by atoms with Gasteiger partial charge in [-0.05, 0) is 19.3 Å². The zero-order chi connectivity index (χ0) is 14.5. The lowest BCUT2D eigenvalue weighted by Gasteiger charge is -2.40. The van der Waals surface area contributed by atoms with E-state index < -0.39 is 12.4 Å². The van der Waals surface area contributed by atoms with Gasteiger partial charge in [-0.3, -0.25) is 4.79 Å². The Hall–Kier alpha value is -1.34. The summed E-state index contributed by atoms with van der Waals surface area (Å²) < 4.78 is 21.4. The topological polar surface area (TPSA) is 86.4 Å². The minimum absolute atomic E-state index is 0.0645. The highest BCUT2D eigenvalue weighted by Gasteiger charge is 2.71. The minimum Gasteiger partial charge on any atom is -0.469 e. The number of methoxy groups -OCH3 is 1. The van der Waals surface area contributed by atoms with Crippen LogP contribution in [0.1, 0.15) is 13.3 Å². The van der Waals surface area contributed by atoms with Crippen molar-refractivity contribution in [3.05, 3.63) is 0 Å². The second kappa shape index (κ2) is 4.60. The van der Waals surface area contributed by atoms with Crippen molar-refractivity contribution in [1.82, 2.24) is 5.32 Å². The van der Waals surface area contributed by atoms with E-state index in [2.05, 4.69) is 5.32 Å². The van der Waals surface area contributed by atoms with Gasteiger partial charge in [0, 0.05) is 7.05 Å². The maximum atomic E-state index is 11.9. The Bertz CT molecular complexity index is 441. The molecule has 3 aliphatic rings. The smallest absolute Gasteiger partial charge is 0.409 e. The van der Waals surface area contributed by atoms with Gasteiger partial charge >= 0.3 is 12.1 Å². The number of hydrogen-bond acceptors (Lipinski definition) is 6. The summed E-state index contributed by atoms with van der Waals surface area (Å²) >= 11 is 0. The molecule has 1 saturated carbocycles. The van der Waals surface area contributed by atoms with E-state index in [4.69, 9.17) is 18.9 Å². The van der Waals surface area contributed by atoms with E-state index in [0.29, 0.717) is 0 Å². The lowest BCUT2D eigenvalue weighted by atomic mass is 9.78. The first-order chi connectivity index (χ1) is 9.51. The third-order valence-corrected chi connectivity index (χ3v) is 4.77. The van der Waals surface area contributed by atoms with Crippen LogP contribution >= 0.6 is 0 Å². The molecule has 3 rings (SSSR count). The summed E-state index contributed by atoms with van der Waals surface area (Å²) in [6.45, 7) is 2.18.